The van der Waals surface area contributed by atoms with E-state index in [-0.39, 0.29) is 29.7 Å². The number of nitrogens with zero attached hydrogens (tertiary/aromatic N) is 5. The molecule has 0 radical (unpaired) electrons. The largest absolute Gasteiger partial charge is 0.387 e. The summed E-state index contributed by atoms with van der Waals surface area (Å²) in [6, 6.07) is 7.51. The summed E-state index contributed by atoms with van der Waals surface area (Å²) in [4.78, 5) is 29.0. The molecule has 2 heterocycles. The number of aliphatic hydroxyl groups excluding tert-OH is 1. The average Bonchev–Trinajstić information content (AvgIpc) is 3.21. The summed E-state index contributed by atoms with van der Waals surface area (Å²) in [6.07, 6.45) is 3.68. The van der Waals surface area contributed by atoms with Crippen molar-refractivity contribution < 1.29 is 14.3 Å². The van der Waals surface area contributed by atoms with Crippen LogP contribution in [-0.4, -0.2) is 83.3 Å². The molecule has 6 atom stereocenters. The van der Waals surface area contributed by atoms with Crippen LogP contribution >= 0.6 is 11.6 Å². The third kappa shape index (κ3) is 5.54. The molecule has 0 bridgehead atoms. The van der Waals surface area contributed by atoms with Crippen LogP contribution in [0.5, 0.6) is 0 Å². The standard InChI is InChI=1S/C29H39ClFN5O2/c1-18-14-25(37)27-26(18)28(33-17-32-27)35-10-12-36(13-11-35)29(38)22(20-5-7-21(30)8-6-20)15-19-4-9-24(34(2)3)23(31)16-19/h5-8,17-19,22-25,37H,4,9-16H2,1-3H3/t18-,19?,22?,23+,24-,25-/m1/s1. The maximum Gasteiger partial charge on any atom is 0.230 e. The van der Waals surface area contributed by atoms with Gasteiger partial charge in [-0.15, -0.1) is 0 Å². The molecule has 2 unspecified atom stereocenters. The Morgan fingerprint density at radius 3 is 2.50 bits per heavy atom. The summed E-state index contributed by atoms with van der Waals surface area (Å²) in [6.45, 7) is 4.64. The van der Waals surface area contributed by atoms with E-state index in [0.717, 1.165) is 35.5 Å². The lowest BCUT2D eigenvalue weighted by Gasteiger charge is -2.39. The summed E-state index contributed by atoms with van der Waals surface area (Å²) in [5.41, 5.74) is 2.72. The van der Waals surface area contributed by atoms with E-state index >= 15 is 0 Å². The molecule has 5 rings (SSSR count). The molecular weight excluding hydrogens is 505 g/mol. The lowest BCUT2D eigenvalue weighted by atomic mass is 9.77. The van der Waals surface area contributed by atoms with Crippen molar-refractivity contribution in [3.8, 4) is 0 Å². The van der Waals surface area contributed by atoms with Crippen LogP contribution in [-0.2, 0) is 4.79 Å². The maximum atomic E-state index is 15.0. The first-order valence-electron chi connectivity index (χ1n) is 13.9. The molecule has 0 spiro atoms. The molecule has 1 amide bonds. The lowest BCUT2D eigenvalue weighted by Crippen LogP contribution is -2.51. The van der Waals surface area contributed by atoms with Gasteiger partial charge in [0, 0.05) is 42.8 Å². The van der Waals surface area contributed by atoms with Crippen molar-refractivity contribution in [2.75, 3.05) is 45.2 Å². The van der Waals surface area contributed by atoms with Crippen LogP contribution in [0.15, 0.2) is 30.6 Å². The van der Waals surface area contributed by atoms with E-state index in [1.807, 2.05) is 48.2 Å². The summed E-state index contributed by atoms with van der Waals surface area (Å²) >= 11 is 6.15. The van der Waals surface area contributed by atoms with Crippen molar-refractivity contribution in [2.45, 2.75) is 69.2 Å². The minimum Gasteiger partial charge on any atom is -0.387 e. The quantitative estimate of drug-likeness (QED) is 0.576. The van der Waals surface area contributed by atoms with Gasteiger partial charge in [0.25, 0.3) is 0 Å². The molecule has 1 saturated carbocycles. The highest BCUT2D eigenvalue weighted by molar-refractivity contribution is 6.30. The van der Waals surface area contributed by atoms with E-state index in [0.29, 0.717) is 50.5 Å². The van der Waals surface area contributed by atoms with E-state index in [1.54, 1.807) is 0 Å². The molecule has 3 aliphatic rings. The number of fused-ring (bicyclic) bond motifs is 1. The second-order valence-corrected chi connectivity index (χ2v) is 12.0. The Morgan fingerprint density at radius 2 is 1.84 bits per heavy atom. The third-order valence-electron chi connectivity index (χ3n) is 8.82. The highest BCUT2D eigenvalue weighted by atomic mass is 35.5. The fourth-order valence-electron chi connectivity index (χ4n) is 6.70. The maximum absolute atomic E-state index is 15.0. The van der Waals surface area contributed by atoms with Gasteiger partial charge in [0.1, 0.15) is 18.3 Å². The monoisotopic (exact) mass is 543 g/mol. The summed E-state index contributed by atoms with van der Waals surface area (Å²) in [5.74, 6) is 1.04. The Labute approximate surface area is 230 Å². The molecular formula is C29H39ClFN5O2. The van der Waals surface area contributed by atoms with Gasteiger partial charge >= 0.3 is 0 Å². The molecule has 1 aromatic carbocycles. The molecule has 2 aromatic rings. The Hall–Kier alpha value is -2.29. The first-order valence-corrected chi connectivity index (χ1v) is 14.2. The number of amides is 1. The first kappa shape index (κ1) is 27.3. The zero-order chi connectivity index (χ0) is 27.0. The fraction of sp³-hybridized carbons (Fsp3) is 0.621. The van der Waals surface area contributed by atoms with Crippen LogP contribution in [0.2, 0.25) is 5.02 Å². The zero-order valence-corrected chi connectivity index (χ0v) is 23.3. The van der Waals surface area contributed by atoms with Gasteiger partial charge in [-0.2, -0.15) is 0 Å². The number of carbonyl (C=O) groups excluding carboxylic acids is 1. The van der Waals surface area contributed by atoms with Crippen LogP contribution in [0.25, 0.3) is 0 Å². The number of carbonyl (C=O) groups is 1. The Bertz CT molecular complexity index is 1120. The summed E-state index contributed by atoms with van der Waals surface area (Å²) < 4.78 is 15.0. The normalized spacial score (nSPS) is 28.4. The molecule has 1 saturated heterocycles. The number of rotatable bonds is 6. The van der Waals surface area contributed by atoms with Gasteiger partial charge in [-0.3, -0.25) is 4.79 Å². The van der Waals surface area contributed by atoms with Gasteiger partial charge in [-0.1, -0.05) is 30.7 Å². The van der Waals surface area contributed by atoms with Gasteiger partial charge in [0.05, 0.1) is 17.7 Å². The number of hydrogen-bond donors (Lipinski definition) is 1. The van der Waals surface area contributed by atoms with Crippen molar-refractivity contribution >= 4 is 23.3 Å². The van der Waals surface area contributed by atoms with Gasteiger partial charge < -0.3 is 19.8 Å². The highest BCUT2D eigenvalue weighted by Gasteiger charge is 2.37. The lowest BCUT2D eigenvalue weighted by molar-refractivity contribution is -0.133. The average molecular weight is 544 g/mol. The number of benzene rings is 1. The number of anilines is 1. The van der Waals surface area contributed by atoms with E-state index < -0.39 is 12.3 Å². The molecule has 2 aliphatic carbocycles. The van der Waals surface area contributed by atoms with Gasteiger partial charge in [-0.05, 0) is 75.7 Å². The summed E-state index contributed by atoms with van der Waals surface area (Å²) in [7, 11) is 3.88. The van der Waals surface area contributed by atoms with Crippen molar-refractivity contribution in [1.82, 2.24) is 19.8 Å². The smallest absolute Gasteiger partial charge is 0.230 e. The Kier molecular flexibility index (Phi) is 8.22. The third-order valence-corrected chi connectivity index (χ3v) is 9.07. The SMILES string of the molecule is C[C@@H]1C[C@@H](O)c2ncnc(N3CCN(C(=O)C(CC4CC[C@@H](N(C)C)[C@@H](F)C4)c4ccc(Cl)cc4)CC3)c21. The van der Waals surface area contributed by atoms with Gasteiger partial charge in [0.2, 0.25) is 5.91 Å². The first-order chi connectivity index (χ1) is 18.2. The van der Waals surface area contributed by atoms with Crippen molar-refractivity contribution in [1.29, 1.82) is 0 Å². The number of aromatic nitrogens is 2. The molecule has 1 aliphatic heterocycles. The van der Waals surface area contributed by atoms with E-state index in [9.17, 15) is 14.3 Å². The van der Waals surface area contributed by atoms with Gasteiger partial charge in [-0.25, -0.2) is 14.4 Å². The van der Waals surface area contributed by atoms with Crippen LogP contribution < -0.4 is 4.90 Å². The number of piperazine rings is 1. The highest BCUT2D eigenvalue weighted by Crippen LogP contribution is 2.43. The van der Waals surface area contributed by atoms with Crippen molar-refractivity contribution in [3.05, 3.63) is 52.4 Å². The van der Waals surface area contributed by atoms with Crippen LogP contribution in [0.1, 0.15) is 73.8 Å². The molecule has 7 nitrogen and oxygen atoms in total. The number of alkyl halides is 1. The van der Waals surface area contributed by atoms with E-state index in [4.69, 9.17) is 11.6 Å². The Balaban J connectivity index is 1.29. The molecule has 9 heteroatoms. The van der Waals surface area contributed by atoms with Crippen LogP contribution in [0, 0.1) is 5.92 Å². The minimum atomic E-state index is -0.872. The molecule has 1 N–H and O–H groups in total. The van der Waals surface area contributed by atoms with Crippen LogP contribution in [0.3, 0.4) is 0 Å². The van der Waals surface area contributed by atoms with Crippen molar-refractivity contribution in [3.63, 3.8) is 0 Å². The summed E-state index contributed by atoms with van der Waals surface area (Å²) in [5, 5.41) is 11.0. The predicted molar refractivity (Wildman–Crippen MR) is 147 cm³/mol. The molecule has 2 fully saturated rings. The molecule has 1 aromatic heterocycles. The van der Waals surface area contributed by atoms with E-state index in [2.05, 4.69) is 21.8 Å². The van der Waals surface area contributed by atoms with Gasteiger partial charge in [0.15, 0.2) is 0 Å². The van der Waals surface area contributed by atoms with E-state index in [1.165, 1.54) is 6.33 Å². The second-order valence-electron chi connectivity index (χ2n) is 11.5. The fourth-order valence-corrected chi connectivity index (χ4v) is 6.82. The predicted octanol–water partition coefficient (Wildman–Crippen LogP) is 4.56. The minimum absolute atomic E-state index is 0.0453. The molecule has 206 valence electrons. The number of halogens is 2. The number of aliphatic hydroxyl groups is 1. The number of hydrogen-bond acceptors (Lipinski definition) is 6. The molecule has 38 heavy (non-hydrogen) atoms. The topological polar surface area (TPSA) is 72.8 Å². The van der Waals surface area contributed by atoms with Crippen molar-refractivity contribution in [2.24, 2.45) is 5.92 Å². The Morgan fingerprint density at radius 1 is 1.13 bits per heavy atom. The van der Waals surface area contributed by atoms with Crippen LogP contribution in [0.4, 0.5) is 10.2 Å². The second kappa shape index (κ2) is 11.4. The zero-order valence-electron chi connectivity index (χ0n) is 22.6.